The first-order valence-corrected chi connectivity index (χ1v) is 8.40. The standard InChI is InChI=1S/C15H16ClN3O2.C2HF3O2/c1-9-11(16)4-3-5-12(9)19(2)15(20)13-8-18-14(21-13)10-6-17-7-10;3-2(4,5)1(6)7/h3-5,8,10,17H,6-7H2,1-2H3;(H,6,7). The number of aliphatic carboxylic acids is 1. The third kappa shape index (κ3) is 5.02. The van der Waals surface area contributed by atoms with Gasteiger partial charge in [-0.3, -0.25) is 4.79 Å². The van der Waals surface area contributed by atoms with E-state index in [0.29, 0.717) is 10.9 Å². The highest BCUT2D eigenvalue weighted by molar-refractivity contribution is 6.31. The molecule has 0 bridgehead atoms. The third-order valence-corrected chi connectivity index (χ3v) is 4.42. The summed E-state index contributed by atoms with van der Waals surface area (Å²) in [7, 11) is 1.70. The normalized spacial score (nSPS) is 13.9. The van der Waals surface area contributed by atoms with E-state index in [2.05, 4.69) is 10.3 Å². The molecule has 152 valence electrons. The highest BCUT2D eigenvalue weighted by Crippen LogP contribution is 2.27. The van der Waals surface area contributed by atoms with Crippen molar-refractivity contribution in [2.24, 2.45) is 0 Å². The van der Waals surface area contributed by atoms with Crippen LogP contribution in [0.1, 0.15) is 27.9 Å². The summed E-state index contributed by atoms with van der Waals surface area (Å²) in [5, 5.41) is 10.9. The molecule has 1 amide bonds. The van der Waals surface area contributed by atoms with Crippen molar-refractivity contribution in [3.05, 3.63) is 46.6 Å². The first-order chi connectivity index (χ1) is 13.0. The van der Waals surface area contributed by atoms with E-state index in [1.165, 1.54) is 11.1 Å². The van der Waals surface area contributed by atoms with Gasteiger partial charge in [0.15, 0.2) is 0 Å². The summed E-state index contributed by atoms with van der Waals surface area (Å²) in [6.45, 7) is 3.57. The second-order valence-corrected chi connectivity index (χ2v) is 6.38. The first kappa shape index (κ1) is 21.7. The lowest BCUT2D eigenvalue weighted by atomic mass is 10.0. The minimum atomic E-state index is -5.08. The molecule has 0 unspecified atom stereocenters. The number of alkyl halides is 3. The molecule has 2 aromatic rings. The van der Waals surface area contributed by atoms with Crippen LogP contribution in [0.4, 0.5) is 18.9 Å². The number of hydrogen-bond donors (Lipinski definition) is 2. The summed E-state index contributed by atoms with van der Waals surface area (Å²) in [5.41, 5.74) is 1.62. The Hall–Kier alpha value is -2.59. The lowest BCUT2D eigenvalue weighted by molar-refractivity contribution is -0.192. The number of amides is 1. The van der Waals surface area contributed by atoms with Gasteiger partial charge >= 0.3 is 12.1 Å². The molecule has 1 aliphatic rings. The van der Waals surface area contributed by atoms with Crippen molar-refractivity contribution < 1.29 is 32.3 Å². The molecule has 2 heterocycles. The smallest absolute Gasteiger partial charge is 0.475 e. The Morgan fingerprint density at radius 1 is 1.36 bits per heavy atom. The Labute approximate surface area is 163 Å². The second kappa shape index (κ2) is 8.61. The van der Waals surface area contributed by atoms with Crippen LogP contribution in [0.15, 0.2) is 28.8 Å². The molecular formula is C17H17ClF3N3O4. The van der Waals surface area contributed by atoms with Crippen LogP contribution >= 0.6 is 11.6 Å². The lowest BCUT2D eigenvalue weighted by Gasteiger charge is -2.23. The molecule has 1 aromatic heterocycles. The SMILES string of the molecule is Cc1c(Cl)cccc1N(C)C(=O)c1cnc(C2CNC2)o1.O=C(O)C(F)(F)F. The zero-order chi connectivity index (χ0) is 21.1. The van der Waals surface area contributed by atoms with Gasteiger partial charge in [0, 0.05) is 30.8 Å². The molecular weight excluding hydrogens is 403 g/mol. The van der Waals surface area contributed by atoms with Gasteiger partial charge in [0.05, 0.1) is 12.1 Å². The lowest BCUT2D eigenvalue weighted by Crippen LogP contribution is -2.40. The average molecular weight is 420 g/mol. The fourth-order valence-electron chi connectivity index (χ4n) is 2.27. The Morgan fingerprint density at radius 3 is 2.46 bits per heavy atom. The largest absolute Gasteiger partial charge is 0.490 e. The van der Waals surface area contributed by atoms with Gasteiger partial charge in [-0.2, -0.15) is 13.2 Å². The number of carboxylic acid groups (broad SMARTS) is 1. The van der Waals surface area contributed by atoms with Crippen molar-refractivity contribution in [3.63, 3.8) is 0 Å². The molecule has 0 saturated carbocycles. The molecule has 0 aliphatic carbocycles. The molecule has 1 saturated heterocycles. The van der Waals surface area contributed by atoms with Crippen LogP contribution in [0.2, 0.25) is 5.02 Å². The summed E-state index contributed by atoms with van der Waals surface area (Å²) in [4.78, 5) is 27.1. The van der Waals surface area contributed by atoms with E-state index >= 15 is 0 Å². The molecule has 0 spiro atoms. The van der Waals surface area contributed by atoms with Crippen LogP contribution in [0.5, 0.6) is 0 Å². The quantitative estimate of drug-likeness (QED) is 0.793. The van der Waals surface area contributed by atoms with Gasteiger partial charge in [-0.25, -0.2) is 9.78 Å². The van der Waals surface area contributed by atoms with Crippen LogP contribution in [0, 0.1) is 6.92 Å². The van der Waals surface area contributed by atoms with Gasteiger partial charge in [0.1, 0.15) is 0 Å². The molecule has 2 N–H and O–H groups in total. The van der Waals surface area contributed by atoms with E-state index in [1.807, 2.05) is 19.1 Å². The maximum atomic E-state index is 12.5. The maximum Gasteiger partial charge on any atom is 0.490 e. The Bertz CT molecular complexity index is 866. The van der Waals surface area contributed by atoms with E-state index in [0.717, 1.165) is 24.3 Å². The summed E-state index contributed by atoms with van der Waals surface area (Å²) in [6.07, 6.45) is -3.59. The van der Waals surface area contributed by atoms with Gasteiger partial charge in [0.25, 0.3) is 5.91 Å². The Balaban J connectivity index is 0.000000345. The van der Waals surface area contributed by atoms with Crippen LogP contribution in [-0.4, -0.2) is 48.3 Å². The molecule has 7 nitrogen and oxygen atoms in total. The molecule has 3 rings (SSSR count). The number of benzene rings is 1. The van der Waals surface area contributed by atoms with E-state index in [9.17, 15) is 18.0 Å². The van der Waals surface area contributed by atoms with Gasteiger partial charge in [-0.05, 0) is 24.6 Å². The third-order valence-electron chi connectivity index (χ3n) is 4.01. The molecule has 0 radical (unpaired) electrons. The molecule has 1 aliphatic heterocycles. The second-order valence-electron chi connectivity index (χ2n) is 5.97. The number of nitrogens with zero attached hydrogens (tertiary/aromatic N) is 2. The van der Waals surface area contributed by atoms with Gasteiger partial charge in [-0.15, -0.1) is 0 Å². The number of carbonyl (C=O) groups excluding carboxylic acids is 1. The number of oxazole rings is 1. The fourth-order valence-corrected chi connectivity index (χ4v) is 2.44. The summed E-state index contributed by atoms with van der Waals surface area (Å²) < 4.78 is 37.3. The van der Waals surface area contributed by atoms with Crippen LogP contribution in [-0.2, 0) is 4.79 Å². The summed E-state index contributed by atoms with van der Waals surface area (Å²) in [6, 6.07) is 5.47. The first-order valence-electron chi connectivity index (χ1n) is 8.02. The number of carbonyl (C=O) groups is 2. The molecule has 1 aromatic carbocycles. The Kier molecular flexibility index (Phi) is 6.68. The number of hydrogen-bond acceptors (Lipinski definition) is 5. The highest BCUT2D eigenvalue weighted by Gasteiger charge is 2.38. The topological polar surface area (TPSA) is 95.7 Å². The van der Waals surface area contributed by atoms with Crippen molar-refractivity contribution in [3.8, 4) is 0 Å². The van der Waals surface area contributed by atoms with E-state index in [4.69, 9.17) is 25.9 Å². The van der Waals surface area contributed by atoms with E-state index in [1.54, 1.807) is 13.1 Å². The molecule has 11 heteroatoms. The monoisotopic (exact) mass is 419 g/mol. The van der Waals surface area contributed by atoms with Crippen LogP contribution < -0.4 is 10.2 Å². The van der Waals surface area contributed by atoms with Gasteiger partial charge < -0.3 is 19.7 Å². The average Bonchev–Trinajstić information content (AvgIpc) is 3.03. The Morgan fingerprint density at radius 2 is 1.96 bits per heavy atom. The summed E-state index contributed by atoms with van der Waals surface area (Å²) in [5.74, 6) is -1.85. The van der Waals surface area contributed by atoms with Crippen molar-refractivity contribution in [2.75, 3.05) is 25.0 Å². The molecule has 28 heavy (non-hydrogen) atoms. The maximum absolute atomic E-state index is 12.5. The zero-order valence-corrected chi connectivity index (χ0v) is 15.6. The molecule has 1 fully saturated rings. The number of nitrogens with one attached hydrogen (secondary N) is 1. The van der Waals surface area contributed by atoms with Crippen molar-refractivity contribution in [2.45, 2.75) is 19.0 Å². The van der Waals surface area contributed by atoms with Gasteiger partial charge in [0.2, 0.25) is 11.7 Å². The number of anilines is 1. The van der Waals surface area contributed by atoms with Crippen molar-refractivity contribution in [1.29, 1.82) is 0 Å². The number of rotatable bonds is 3. The summed E-state index contributed by atoms with van der Waals surface area (Å²) >= 11 is 6.10. The number of halogens is 4. The van der Waals surface area contributed by atoms with Gasteiger partial charge in [-0.1, -0.05) is 17.7 Å². The van der Waals surface area contributed by atoms with Crippen LogP contribution in [0.25, 0.3) is 0 Å². The number of aromatic nitrogens is 1. The van der Waals surface area contributed by atoms with Crippen molar-refractivity contribution in [1.82, 2.24) is 10.3 Å². The van der Waals surface area contributed by atoms with Crippen LogP contribution in [0.3, 0.4) is 0 Å². The van der Waals surface area contributed by atoms with E-state index < -0.39 is 12.1 Å². The fraction of sp³-hybridized carbons (Fsp3) is 0.353. The van der Waals surface area contributed by atoms with E-state index in [-0.39, 0.29) is 17.6 Å². The number of carboxylic acids is 1. The predicted molar refractivity (Wildman–Crippen MR) is 94.7 cm³/mol. The minimum Gasteiger partial charge on any atom is -0.475 e. The minimum absolute atomic E-state index is 0.230. The zero-order valence-electron chi connectivity index (χ0n) is 14.9. The highest BCUT2D eigenvalue weighted by atomic mass is 35.5. The van der Waals surface area contributed by atoms with Crippen molar-refractivity contribution >= 4 is 29.2 Å². The predicted octanol–water partition coefficient (Wildman–Crippen LogP) is 3.23. The molecule has 0 atom stereocenters.